The number of likely N-dealkylation sites (N-methyl/N-ethyl adjacent to an activating group) is 1. The fourth-order valence-electron chi connectivity index (χ4n) is 1.54. The van der Waals surface area contributed by atoms with E-state index in [1.165, 1.54) is 29.6 Å². The summed E-state index contributed by atoms with van der Waals surface area (Å²) in [6.45, 7) is 5.97. The van der Waals surface area contributed by atoms with Gasteiger partial charge in [0.1, 0.15) is 5.75 Å². The third-order valence-electron chi connectivity index (χ3n) is 2.53. The lowest BCUT2D eigenvalue weighted by Gasteiger charge is -2.19. The van der Waals surface area contributed by atoms with E-state index < -0.39 is 10.0 Å². The van der Waals surface area contributed by atoms with Crippen LogP contribution in [0.4, 0.5) is 5.69 Å². The minimum Gasteiger partial charge on any atom is -0.495 e. The molecule has 0 saturated carbocycles. The Hall–Kier alpha value is -1.53. The molecule has 0 bridgehead atoms. The zero-order valence-electron chi connectivity index (χ0n) is 10.6. The van der Waals surface area contributed by atoms with Gasteiger partial charge in [-0.05, 0) is 12.1 Å². The summed E-state index contributed by atoms with van der Waals surface area (Å²) in [5.41, 5.74) is 6.07. The Labute approximate surface area is 108 Å². The van der Waals surface area contributed by atoms with Crippen molar-refractivity contribution in [2.75, 3.05) is 25.9 Å². The molecule has 0 aliphatic carbocycles. The maximum Gasteiger partial charge on any atom is 0.243 e. The Morgan fingerprint density at radius 2 is 2.17 bits per heavy atom. The van der Waals surface area contributed by atoms with Crippen LogP contribution in [0.25, 0.3) is 0 Å². The molecular formula is C12H18N2O3S. The number of hydrogen-bond donors (Lipinski definition) is 1. The lowest BCUT2D eigenvalue weighted by molar-refractivity contribution is 0.414. The van der Waals surface area contributed by atoms with E-state index in [0.29, 0.717) is 18.0 Å². The minimum absolute atomic E-state index is 0.164. The first-order chi connectivity index (χ1) is 8.47. The molecule has 1 aromatic carbocycles. The van der Waals surface area contributed by atoms with Crippen molar-refractivity contribution in [3.8, 4) is 5.75 Å². The van der Waals surface area contributed by atoms with E-state index in [0.717, 1.165) is 0 Å². The number of anilines is 1. The summed E-state index contributed by atoms with van der Waals surface area (Å²) < 4.78 is 31.0. The molecule has 0 aliphatic heterocycles. The van der Waals surface area contributed by atoms with Crippen molar-refractivity contribution in [2.45, 2.75) is 11.8 Å². The zero-order chi connectivity index (χ0) is 13.8. The fourth-order valence-corrected chi connectivity index (χ4v) is 2.98. The smallest absolute Gasteiger partial charge is 0.243 e. The highest BCUT2D eigenvalue weighted by Crippen LogP contribution is 2.26. The largest absolute Gasteiger partial charge is 0.495 e. The van der Waals surface area contributed by atoms with Gasteiger partial charge in [0.15, 0.2) is 0 Å². The molecule has 18 heavy (non-hydrogen) atoms. The summed E-state index contributed by atoms with van der Waals surface area (Å²) in [5.74, 6) is 0.353. The molecule has 2 N–H and O–H groups in total. The fraction of sp³-hybridized carbons (Fsp3) is 0.333. The summed E-state index contributed by atoms with van der Waals surface area (Å²) in [6.07, 6.45) is 1.55. The number of rotatable bonds is 6. The molecule has 0 spiro atoms. The molecule has 100 valence electrons. The molecule has 1 rings (SSSR count). The van der Waals surface area contributed by atoms with E-state index in [4.69, 9.17) is 10.5 Å². The van der Waals surface area contributed by atoms with E-state index in [-0.39, 0.29) is 11.4 Å². The first-order valence-corrected chi connectivity index (χ1v) is 6.96. The van der Waals surface area contributed by atoms with Gasteiger partial charge < -0.3 is 10.5 Å². The molecule has 5 nitrogen and oxygen atoms in total. The Balaban J connectivity index is 3.23. The molecule has 0 aromatic heterocycles. The number of hydrogen-bond acceptors (Lipinski definition) is 4. The molecule has 0 heterocycles. The van der Waals surface area contributed by atoms with Crippen molar-refractivity contribution < 1.29 is 13.2 Å². The summed E-state index contributed by atoms with van der Waals surface area (Å²) in [5, 5.41) is 0. The monoisotopic (exact) mass is 270 g/mol. The average Bonchev–Trinajstić information content (AvgIpc) is 2.35. The van der Waals surface area contributed by atoms with Gasteiger partial charge in [0, 0.05) is 19.2 Å². The predicted molar refractivity (Wildman–Crippen MR) is 72.0 cm³/mol. The Kier molecular flexibility index (Phi) is 4.75. The molecule has 1 aromatic rings. The second-order valence-corrected chi connectivity index (χ2v) is 5.59. The minimum atomic E-state index is -3.54. The Bertz CT molecular complexity index is 526. The van der Waals surface area contributed by atoms with Gasteiger partial charge in [0.25, 0.3) is 0 Å². The highest BCUT2D eigenvalue weighted by atomic mass is 32.2. The highest BCUT2D eigenvalue weighted by Gasteiger charge is 2.22. The van der Waals surface area contributed by atoms with Gasteiger partial charge in [-0.2, -0.15) is 4.31 Å². The average molecular weight is 270 g/mol. The van der Waals surface area contributed by atoms with E-state index in [2.05, 4.69) is 6.58 Å². The predicted octanol–water partition coefficient (Wildman–Crippen LogP) is 1.47. The normalized spacial score (nSPS) is 11.5. The van der Waals surface area contributed by atoms with Crippen molar-refractivity contribution in [2.24, 2.45) is 0 Å². The van der Waals surface area contributed by atoms with E-state index in [9.17, 15) is 8.42 Å². The van der Waals surface area contributed by atoms with Gasteiger partial charge in [-0.15, -0.1) is 6.58 Å². The van der Waals surface area contributed by atoms with Crippen molar-refractivity contribution in [1.29, 1.82) is 0 Å². The molecule has 0 fully saturated rings. The molecule has 6 heteroatoms. The molecule has 0 saturated heterocycles. The summed E-state index contributed by atoms with van der Waals surface area (Å²) in [6, 6.07) is 4.42. The van der Waals surface area contributed by atoms with Crippen molar-refractivity contribution >= 4 is 15.7 Å². The second-order valence-electron chi connectivity index (χ2n) is 3.65. The van der Waals surface area contributed by atoms with Crippen LogP contribution in [0.2, 0.25) is 0 Å². The van der Waals surface area contributed by atoms with E-state index >= 15 is 0 Å². The van der Waals surface area contributed by atoms with Crippen LogP contribution in [0.3, 0.4) is 0 Å². The van der Waals surface area contributed by atoms with Crippen molar-refractivity contribution in [1.82, 2.24) is 4.31 Å². The number of benzene rings is 1. The summed E-state index contributed by atoms with van der Waals surface area (Å²) in [7, 11) is -2.09. The van der Waals surface area contributed by atoms with Crippen LogP contribution in [0.1, 0.15) is 6.92 Å². The van der Waals surface area contributed by atoms with Crippen molar-refractivity contribution in [3.63, 3.8) is 0 Å². The van der Waals surface area contributed by atoms with Gasteiger partial charge in [-0.25, -0.2) is 8.42 Å². The third-order valence-corrected chi connectivity index (χ3v) is 4.46. The van der Waals surface area contributed by atoms with Crippen molar-refractivity contribution in [3.05, 3.63) is 30.9 Å². The molecule has 0 aliphatic rings. The first kappa shape index (κ1) is 14.5. The quantitative estimate of drug-likeness (QED) is 0.627. The number of nitrogens with two attached hydrogens (primary N) is 1. The Morgan fingerprint density at radius 1 is 1.50 bits per heavy atom. The number of nitrogen functional groups attached to an aromatic ring is 1. The zero-order valence-corrected chi connectivity index (χ0v) is 11.4. The lowest BCUT2D eigenvalue weighted by Crippen LogP contribution is -2.31. The van der Waals surface area contributed by atoms with Crippen LogP contribution in [-0.2, 0) is 10.0 Å². The summed E-state index contributed by atoms with van der Waals surface area (Å²) in [4.78, 5) is 0.164. The number of methoxy groups -OCH3 is 1. The van der Waals surface area contributed by atoms with Crippen LogP contribution >= 0.6 is 0 Å². The van der Waals surface area contributed by atoms with Crippen LogP contribution < -0.4 is 10.5 Å². The maximum atomic E-state index is 12.3. The SMILES string of the molecule is C=CCN(CC)S(=O)(=O)c1ccc(N)c(OC)c1. The second kappa shape index (κ2) is 5.88. The number of nitrogens with zero attached hydrogens (tertiary/aromatic N) is 1. The molecule has 0 unspecified atom stereocenters. The van der Waals surface area contributed by atoms with Gasteiger partial charge >= 0.3 is 0 Å². The van der Waals surface area contributed by atoms with Crippen LogP contribution in [0, 0.1) is 0 Å². The molecule has 0 amide bonds. The topological polar surface area (TPSA) is 72.6 Å². The van der Waals surface area contributed by atoms with Crippen LogP contribution in [0.5, 0.6) is 5.75 Å². The highest BCUT2D eigenvalue weighted by molar-refractivity contribution is 7.89. The summed E-state index contributed by atoms with van der Waals surface area (Å²) >= 11 is 0. The first-order valence-electron chi connectivity index (χ1n) is 5.52. The van der Waals surface area contributed by atoms with Gasteiger partial charge in [-0.3, -0.25) is 0 Å². The van der Waals surface area contributed by atoms with Gasteiger partial charge in [0.2, 0.25) is 10.0 Å². The Morgan fingerprint density at radius 3 is 2.67 bits per heavy atom. The molecular weight excluding hydrogens is 252 g/mol. The van der Waals surface area contributed by atoms with E-state index in [1.54, 1.807) is 13.0 Å². The number of ether oxygens (including phenoxy) is 1. The maximum absolute atomic E-state index is 12.3. The van der Waals surface area contributed by atoms with Gasteiger partial charge in [0.05, 0.1) is 17.7 Å². The standard InChI is InChI=1S/C12H18N2O3S/c1-4-8-14(5-2)18(15,16)10-6-7-11(13)12(9-10)17-3/h4,6-7,9H,1,5,8,13H2,2-3H3. The lowest BCUT2D eigenvalue weighted by atomic mass is 10.3. The molecule has 0 radical (unpaired) electrons. The van der Waals surface area contributed by atoms with Gasteiger partial charge in [-0.1, -0.05) is 13.0 Å². The van der Waals surface area contributed by atoms with E-state index in [1.807, 2.05) is 0 Å². The van der Waals surface area contributed by atoms with Crippen LogP contribution in [-0.4, -0.2) is 32.9 Å². The third kappa shape index (κ3) is 2.83. The molecule has 0 atom stereocenters. The van der Waals surface area contributed by atoms with Crippen LogP contribution in [0.15, 0.2) is 35.7 Å². The number of sulfonamides is 1.